The number of anilines is 1. The number of esters is 1. The van der Waals surface area contributed by atoms with E-state index < -0.39 is 0 Å². The molecule has 2 N–H and O–H groups in total. The van der Waals surface area contributed by atoms with Gasteiger partial charge < -0.3 is 24.5 Å². The minimum absolute atomic E-state index is 0.0291. The summed E-state index contributed by atoms with van der Waals surface area (Å²) in [7, 11) is 0. The molecule has 1 aromatic heterocycles. The molecule has 6 nitrogen and oxygen atoms in total. The van der Waals surface area contributed by atoms with Crippen molar-refractivity contribution in [2.45, 2.75) is 13.5 Å². The zero-order chi connectivity index (χ0) is 15.8. The van der Waals surface area contributed by atoms with Crippen LogP contribution in [0.4, 0.5) is 5.69 Å². The van der Waals surface area contributed by atoms with Crippen LogP contribution in [-0.4, -0.2) is 43.6 Å². The van der Waals surface area contributed by atoms with Gasteiger partial charge in [-0.2, -0.15) is 0 Å². The highest BCUT2D eigenvalue weighted by Crippen LogP contribution is 2.21. The first-order chi connectivity index (χ1) is 10.7. The number of aromatic nitrogens is 1. The number of nitrogens with two attached hydrogens (primary N) is 1. The Morgan fingerprint density at radius 2 is 2.00 bits per heavy atom. The zero-order valence-corrected chi connectivity index (χ0v) is 12.8. The van der Waals surface area contributed by atoms with Crippen LogP contribution in [0.2, 0.25) is 0 Å². The van der Waals surface area contributed by atoms with Gasteiger partial charge in [-0.25, -0.2) is 4.79 Å². The average molecular weight is 306 g/mol. The fourth-order valence-electron chi connectivity index (χ4n) is 2.18. The topological polar surface area (TPSA) is 75.7 Å². The Bertz CT molecular complexity index is 609. The minimum Gasteiger partial charge on any atom is -0.464 e. The summed E-state index contributed by atoms with van der Waals surface area (Å²) >= 11 is 0. The molecule has 0 aliphatic heterocycles. The van der Waals surface area contributed by atoms with Crippen molar-refractivity contribution in [3.8, 4) is 0 Å². The lowest BCUT2D eigenvalue weighted by molar-refractivity contribution is -0.148. The predicted octanol–water partition coefficient (Wildman–Crippen LogP) is 1.82. The number of nitrogen functional groups attached to an aromatic ring is 1. The molecule has 0 radical (unpaired) electrons. The quantitative estimate of drug-likeness (QED) is 0.434. The number of carbonyl (C=O) groups is 1. The standard InChI is InChI=1S/C16H22N2O4/c1-2-22-16(19)12-21-11-10-20-9-8-18-7-6-13-14(17)4-3-5-15(13)18/h3-7H,2,8-12,17H2,1H3. The number of fused-ring (bicyclic) bond motifs is 1. The lowest BCUT2D eigenvalue weighted by Crippen LogP contribution is -2.15. The molecule has 6 heteroatoms. The zero-order valence-electron chi connectivity index (χ0n) is 12.8. The molecular formula is C16H22N2O4. The Labute approximate surface area is 129 Å². The molecule has 1 heterocycles. The summed E-state index contributed by atoms with van der Waals surface area (Å²) in [5.41, 5.74) is 7.81. The van der Waals surface area contributed by atoms with Crippen LogP contribution in [0.5, 0.6) is 0 Å². The normalized spacial score (nSPS) is 11.0. The molecule has 0 saturated heterocycles. The molecule has 0 amide bonds. The number of benzene rings is 1. The Kier molecular flexibility index (Phi) is 6.24. The number of rotatable bonds is 9. The molecule has 0 spiro atoms. The van der Waals surface area contributed by atoms with E-state index in [-0.39, 0.29) is 12.6 Å². The van der Waals surface area contributed by atoms with Gasteiger partial charge in [-0.1, -0.05) is 6.07 Å². The molecule has 0 aliphatic rings. The maximum absolute atomic E-state index is 11.0. The summed E-state index contributed by atoms with van der Waals surface area (Å²) in [4.78, 5) is 11.0. The molecule has 0 saturated carbocycles. The summed E-state index contributed by atoms with van der Waals surface area (Å²) in [5, 5.41) is 1.06. The van der Waals surface area contributed by atoms with Crippen LogP contribution < -0.4 is 5.73 Å². The van der Waals surface area contributed by atoms with Gasteiger partial charge in [0, 0.05) is 23.8 Å². The highest BCUT2D eigenvalue weighted by molar-refractivity contribution is 5.91. The third-order valence-electron chi connectivity index (χ3n) is 3.22. The summed E-state index contributed by atoms with van der Waals surface area (Å²) in [6.45, 7) is 4.23. The number of hydrogen-bond donors (Lipinski definition) is 1. The highest BCUT2D eigenvalue weighted by Gasteiger charge is 2.03. The summed E-state index contributed by atoms with van der Waals surface area (Å²) in [6.07, 6.45) is 2.00. The van der Waals surface area contributed by atoms with Crippen LogP contribution in [0, 0.1) is 0 Å². The van der Waals surface area contributed by atoms with Gasteiger partial charge in [-0.3, -0.25) is 0 Å². The number of carbonyl (C=O) groups excluding carboxylic acids is 1. The molecule has 120 valence electrons. The van der Waals surface area contributed by atoms with Crippen LogP contribution >= 0.6 is 0 Å². The van der Waals surface area contributed by atoms with Crippen molar-refractivity contribution in [1.82, 2.24) is 4.57 Å². The van der Waals surface area contributed by atoms with Gasteiger partial charge in [0.25, 0.3) is 0 Å². The van der Waals surface area contributed by atoms with Crippen molar-refractivity contribution in [2.24, 2.45) is 0 Å². The van der Waals surface area contributed by atoms with Gasteiger partial charge in [0.15, 0.2) is 0 Å². The van der Waals surface area contributed by atoms with Crippen LogP contribution in [0.15, 0.2) is 30.5 Å². The Morgan fingerprint density at radius 3 is 2.82 bits per heavy atom. The SMILES string of the molecule is CCOC(=O)COCCOCCn1ccc2c(N)cccc21. The van der Waals surface area contributed by atoms with Gasteiger partial charge in [0.05, 0.1) is 31.9 Å². The van der Waals surface area contributed by atoms with Crippen molar-refractivity contribution >= 4 is 22.6 Å². The second-order valence-corrected chi connectivity index (χ2v) is 4.76. The second kappa shape index (κ2) is 8.41. The molecule has 0 atom stereocenters. The largest absolute Gasteiger partial charge is 0.464 e. The van der Waals surface area contributed by atoms with Crippen LogP contribution in [0.3, 0.4) is 0 Å². The van der Waals surface area contributed by atoms with Gasteiger partial charge in [-0.05, 0) is 25.1 Å². The first kappa shape index (κ1) is 16.3. The molecule has 0 fully saturated rings. The molecule has 1 aromatic carbocycles. The molecule has 2 aromatic rings. The fraction of sp³-hybridized carbons (Fsp3) is 0.438. The Morgan fingerprint density at radius 1 is 1.18 bits per heavy atom. The van der Waals surface area contributed by atoms with E-state index in [0.29, 0.717) is 26.4 Å². The predicted molar refractivity (Wildman–Crippen MR) is 84.6 cm³/mol. The fourth-order valence-corrected chi connectivity index (χ4v) is 2.18. The minimum atomic E-state index is -0.348. The maximum Gasteiger partial charge on any atom is 0.332 e. The first-order valence-corrected chi connectivity index (χ1v) is 7.37. The number of nitrogens with zero attached hydrogens (tertiary/aromatic N) is 1. The van der Waals surface area contributed by atoms with Crippen molar-refractivity contribution in [2.75, 3.05) is 38.8 Å². The van der Waals surface area contributed by atoms with Gasteiger partial charge >= 0.3 is 5.97 Å². The molecule has 0 unspecified atom stereocenters. The van der Waals surface area contributed by atoms with Crippen molar-refractivity contribution in [1.29, 1.82) is 0 Å². The molecule has 0 bridgehead atoms. The number of hydrogen-bond acceptors (Lipinski definition) is 5. The Balaban J connectivity index is 1.64. The van der Waals surface area contributed by atoms with E-state index >= 15 is 0 Å². The van der Waals surface area contributed by atoms with Gasteiger partial charge in [-0.15, -0.1) is 0 Å². The van der Waals surface area contributed by atoms with E-state index in [4.69, 9.17) is 19.9 Å². The third-order valence-corrected chi connectivity index (χ3v) is 3.22. The lowest BCUT2D eigenvalue weighted by Gasteiger charge is -2.08. The molecule has 2 rings (SSSR count). The lowest BCUT2D eigenvalue weighted by atomic mass is 10.2. The molecule has 22 heavy (non-hydrogen) atoms. The van der Waals surface area contributed by atoms with E-state index in [1.807, 2.05) is 30.5 Å². The van der Waals surface area contributed by atoms with Crippen LogP contribution in [-0.2, 0) is 25.5 Å². The average Bonchev–Trinajstić information content (AvgIpc) is 2.91. The maximum atomic E-state index is 11.0. The van der Waals surface area contributed by atoms with E-state index in [1.54, 1.807) is 6.92 Å². The number of ether oxygens (including phenoxy) is 3. The first-order valence-electron chi connectivity index (χ1n) is 7.37. The summed E-state index contributed by atoms with van der Waals surface area (Å²) < 4.78 is 17.5. The van der Waals surface area contributed by atoms with Crippen LogP contribution in [0.25, 0.3) is 10.9 Å². The highest BCUT2D eigenvalue weighted by atomic mass is 16.6. The molecule has 0 aliphatic carbocycles. The van der Waals surface area contributed by atoms with E-state index in [1.165, 1.54) is 0 Å². The van der Waals surface area contributed by atoms with E-state index in [9.17, 15) is 4.79 Å². The summed E-state index contributed by atoms with van der Waals surface area (Å²) in [6, 6.07) is 7.88. The van der Waals surface area contributed by atoms with E-state index in [2.05, 4.69) is 4.57 Å². The van der Waals surface area contributed by atoms with Crippen molar-refractivity contribution in [3.63, 3.8) is 0 Å². The smallest absolute Gasteiger partial charge is 0.332 e. The second-order valence-electron chi connectivity index (χ2n) is 4.76. The van der Waals surface area contributed by atoms with Crippen LogP contribution in [0.1, 0.15) is 6.92 Å². The van der Waals surface area contributed by atoms with E-state index in [0.717, 1.165) is 23.1 Å². The van der Waals surface area contributed by atoms with Gasteiger partial charge in [0.2, 0.25) is 0 Å². The third kappa shape index (κ3) is 4.47. The van der Waals surface area contributed by atoms with Gasteiger partial charge in [0.1, 0.15) is 6.61 Å². The van der Waals surface area contributed by atoms with Crippen molar-refractivity contribution in [3.05, 3.63) is 30.5 Å². The summed E-state index contributed by atoms with van der Waals surface area (Å²) in [5.74, 6) is -0.348. The monoisotopic (exact) mass is 306 g/mol. The molecular weight excluding hydrogens is 284 g/mol. The van der Waals surface area contributed by atoms with Crippen molar-refractivity contribution < 1.29 is 19.0 Å². The Hall–Kier alpha value is -2.05.